The molecule has 24 heavy (non-hydrogen) atoms. The van der Waals surface area contributed by atoms with Crippen LogP contribution < -0.4 is 10.2 Å². The lowest BCUT2D eigenvalue weighted by molar-refractivity contribution is -0.154. The predicted molar refractivity (Wildman–Crippen MR) is 90.7 cm³/mol. The van der Waals surface area contributed by atoms with Crippen LogP contribution >= 0.6 is 0 Å². The first kappa shape index (κ1) is 16.5. The maximum atomic E-state index is 13.2. The van der Waals surface area contributed by atoms with Gasteiger partial charge in [0.05, 0.1) is 0 Å². The fraction of sp³-hybridized carbons (Fsp3) is 0.500. The van der Waals surface area contributed by atoms with E-state index in [1.54, 1.807) is 20.8 Å². The minimum atomic E-state index is -1.27. The summed E-state index contributed by atoms with van der Waals surface area (Å²) in [5.41, 5.74) is 1.09. The molecule has 2 heterocycles. The van der Waals surface area contributed by atoms with Gasteiger partial charge in [-0.3, -0.25) is 19.8 Å². The summed E-state index contributed by atoms with van der Waals surface area (Å²) < 4.78 is 0. The molecule has 4 amide bonds. The van der Waals surface area contributed by atoms with Crippen LogP contribution in [0.5, 0.6) is 0 Å². The molecule has 2 aliphatic heterocycles. The fourth-order valence-electron chi connectivity index (χ4n) is 3.68. The molecule has 0 aliphatic carbocycles. The number of imide groups is 2. The van der Waals surface area contributed by atoms with Gasteiger partial charge in [0.25, 0.3) is 0 Å². The summed E-state index contributed by atoms with van der Waals surface area (Å²) in [6.07, 6.45) is 0.304. The van der Waals surface area contributed by atoms with Crippen LogP contribution in [-0.4, -0.2) is 41.9 Å². The number of urea groups is 1. The third kappa shape index (κ3) is 2.28. The van der Waals surface area contributed by atoms with Crippen LogP contribution in [0.25, 0.3) is 0 Å². The largest absolute Gasteiger partial charge is 0.373 e. The van der Waals surface area contributed by atoms with Crippen molar-refractivity contribution in [3.8, 4) is 0 Å². The number of nitrogens with zero attached hydrogens (tertiary/aromatic N) is 2. The highest BCUT2D eigenvalue weighted by molar-refractivity contribution is 6.20. The lowest BCUT2D eigenvalue weighted by atomic mass is 9.73. The van der Waals surface area contributed by atoms with E-state index in [0.29, 0.717) is 6.42 Å². The van der Waals surface area contributed by atoms with Crippen molar-refractivity contribution in [3.05, 3.63) is 29.3 Å². The number of anilines is 1. The van der Waals surface area contributed by atoms with Gasteiger partial charge in [0, 0.05) is 24.8 Å². The lowest BCUT2D eigenvalue weighted by Gasteiger charge is -2.48. The molecule has 1 saturated heterocycles. The molecule has 3 rings (SSSR count). The van der Waals surface area contributed by atoms with E-state index >= 15 is 0 Å². The number of carbonyl (C=O) groups is 3. The molecule has 1 aromatic rings. The molecule has 1 spiro atoms. The van der Waals surface area contributed by atoms with Crippen LogP contribution in [0.1, 0.15) is 31.9 Å². The second-order valence-corrected chi connectivity index (χ2v) is 7.82. The average molecular weight is 329 g/mol. The monoisotopic (exact) mass is 329 g/mol. The Morgan fingerprint density at radius 2 is 1.83 bits per heavy atom. The zero-order valence-electron chi connectivity index (χ0n) is 14.8. The van der Waals surface area contributed by atoms with Crippen LogP contribution in [-0.2, 0) is 16.0 Å². The second kappa shape index (κ2) is 5.06. The third-order valence-electron chi connectivity index (χ3n) is 4.79. The summed E-state index contributed by atoms with van der Waals surface area (Å²) in [4.78, 5) is 41.3. The Kier molecular flexibility index (Phi) is 3.48. The second-order valence-electron chi connectivity index (χ2n) is 7.82. The van der Waals surface area contributed by atoms with Crippen LogP contribution in [0.3, 0.4) is 0 Å². The summed E-state index contributed by atoms with van der Waals surface area (Å²) in [5, 5.41) is 2.39. The molecule has 128 valence electrons. The Morgan fingerprint density at radius 1 is 1.17 bits per heavy atom. The molecule has 0 radical (unpaired) electrons. The first-order valence-corrected chi connectivity index (χ1v) is 8.07. The van der Waals surface area contributed by atoms with Crippen LogP contribution in [0.15, 0.2) is 18.2 Å². The van der Waals surface area contributed by atoms with Crippen molar-refractivity contribution in [2.45, 2.75) is 39.7 Å². The number of carbonyl (C=O) groups excluding carboxylic acids is 3. The summed E-state index contributed by atoms with van der Waals surface area (Å²) in [6.45, 7) is 7.61. The van der Waals surface area contributed by atoms with Crippen molar-refractivity contribution in [1.29, 1.82) is 0 Å². The zero-order chi connectivity index (χ0) is 17.9. The standard InChI is InChI=1S/C18H23N3O3/c1-11-6-7-13-12(8-11)9-18(10-20(13)5)14(22)19-16(24)21(15(18)23)17(2,3)4/h6-8H,9-10H2,1-5H3,(H,19,22,24). The number of aryl methyl sites for hydroxylation is 1. The number of nitrogens with one attached hydrogen (secondary N) is 1. The average Bonchev–Trinajstić information content (AvgIpc) is 2.43. The van der Waals surface area contributed by atoms with Crippen molar-refractivity contribution >= 4 is 23.5 Å². The van der Waals surface area contributed by atoms with Gasteiger partial charge >= 0.3 is 6.03 Å². The molecule has 6 nitrogen and oxygen atoms in total. The molecule has 0 saturated carbocycles. The van der Waals surface area contributed by atoms with Gasteiger partial charge in [-0.1, -0.05) is 17.7 Å². The van der Waals surface area contributed by atoms with E-state index in [9.17, 15) is 14.4 Å². The van der Waals surface area contributed by atoms with Gasteiger partial charge in [0.1, 0.15) is 5.41 Å². The Balaban J connectivity index is 2.10. The van der Waals surface area contributed by atoms with Gasteiger partial charge < -0.3 is 4.90 Å². The number of hydrogen-bond donors (Lipinski definition) is 1. The van der Waals surface area contributed by atoms with Gasteiger partial charge in [-0.2, -0.15) is 0 Å². The zero-order valence-corrected chi connectivity index (χ0v) is 14.8. The molecule has 0 bridgehead atoms. The van der Waals surface area contributed by atoms with E-state index < -0.39 is 28.8 Å². The topological polar surface area (TPSA) is 69.7 Å². The molecular weight excluding hydrogens is 306 g/mol. The van der Waals surface area contributed by atoms with Crippen LogP contribution in [0.4, 0.5) is 10.5 Å². The molecule has 0 aromatic heterocycles. The van der Waals surface area contributed by atoms with E-state index in [1.807, 2.05) is 37.1 Å². The number of amides is 4. The highest BCUT2D eigenvalue weighted by atomic mass is 16.2. The highest BCUT2D eigenvalue weighted by Crippen LogP contribution is 2.40. The van der Waals surface area contributed by atoms with E-state index in [-0.39, 0.29) is 6.54 Å². The Hall–Kier alpha value is -2.37. The van der Waals surface area contributed by atoms with Crippen molar-refractivity contribution in [1.82, 2.24) is 10.2 Å². The number of barbiturate groups is 1. The van der Waals surface area contributed by atoms with Gasteiger partial charge in [0.2, 0.25) is 11.8 Å². The van der Waals surface area contributed by atoms with E-state index in [1.165, 1.54) is 4.90 Å². The molecule has 1 aromatic carbocycles. The minimum Gasteiger partial charge on any atom is -0.373 e. The molecule has 1 atom stereocenters. The van der Waals surface area contributed by atoms with E-state index in [0.717, 1.165) is 16.8 Å². The summed E-state index contributed by atoms with van der Waals surface area (Å²) in [7, 11) is 1.87. The molecule has 1 fully saturated rings. The quantitative estimate of drug-likeness (QED) is 0.738. The Bertz CT molecular complexity index is 750. The van der Waals surface area contributed by atoms with Crippen LogP contribution in [0, 0.1) is 12.3 Å². The minimum absolute atomic E-state index is 0.258. The summed E-state index contributed by atoms with van der Waals surface area (Å²) in [6, 6.07) is 5.39. The van der Waals surface area contributed by atoms with Gasteiger partial charge in [-0.25, -0.2) is 4.79 Å². The SMILES string of the molecule is Cc1ccc2c(c1)CC1(CN2C)C(=O)NC(=O)N(C(C)(C)C)C1=O. The molecule has 1 N–H and O–H groups in total. The van der Waals surface area contributed by atoms with E-state index in [2.05, 4.69) is 5.32 Å². The van der Waals surface area contributed by atoms with Crippen molar-refractivity contribution in [2.24, 2.45) is 5.41 Å². The first-order valence-electron chi connectivity index (χ1n) is 8.07. The number of fused-ring (bicyclic) bond motifs is 1. The molecule has 1 unspecified atom stereocenters. The Morgan fingerprint density at radius 3 is 2.46 bits per heavy atom. The lowest BCUT2D eigenvalue weighted by Crippen LogP contribution is -2.71. The maximum Gasteiger partial charge on any atom is 0.331 e. The smallest absolute Gasteiger partial charge is 0.331 e. The molecular formula is C18H23N3O3. The van der Waals surface area contributed by atoms with Gasteiger partial charge in [-0.15, -0.1) is 0 Å². The summed E-state index contributed by atoms with van der Waals surface area (Å²) >= 11 is 0. The normalized spacial score (nSPS) is 24.3. The van der Waals surface area contributed by atoms with E-state index in [4.69, 9.17) is 0 Å². The number of rotatable bonds is 0. The number of hydrogen-bond acceptors (Lipinski definition) is 4. The Labute approximate surface area is 141 Å². The molecule has 2 aliphatic rings. The molecule has 6 heteroatoms. The first-order chi connectivity index (χ1) is 11.1. The van der Waals surface area contributed by atoms with Gasteiger partial charge in [-0.05, 0) is 45.7 Å². The van der Waals surface area contributed by atoms with Crippen LogP contribution in [0.2, 0.25) is 0 Å². The maximum absolute atomic E-state index is 13.2. The highest BCUT2D eigenvalue weighted by Gasteiger charge is 2.58. The van der Waals surface area contributed by atoms with Crippen molar-refractivity contribution in [2.75, 3.05) is 18.5 Å². The van der Waals surface area contributed by atoms with Crippen molar-refractivity contribution in [3.63, 3.8) is 0 Å². The fourth-order valence-corrected chi connectivity index (χ4v) is 3.68. The predicted octanol–water partition coefficient (Wildman–Crippen LogP) is 1.85. The number of benzene rings is 1. The van der Waals surface area contributed by atoms with Crippen molar-refractivity contribution < 1.29 is 14.4 Å². The van der Waals surface area contributed by atoms with Gasteiger partial charge in [0.15, 0.2) is 0 Å². The summed E-state index contributed by atoms with van der Waals surface area (Å²) in [5.74, 6) is -0.917. The third-order valence-corrected chi connectivity index (χ3v) is 4.79.